The van der Waals surface area contributed by atoms with Gasteiger partial charge in [0, 0.05) is 43.8 Å². The zero-order valence-corrected chi connectivity index (χ0v) is 25.0. The smallest absolute Gasteiger partial charge is 0.261 e. The number of pyridine rings is 1. The molecule has 2 unspecified atom stereocenters. The molecule has 1 saturated heterocycles. The summed E-state index contributed by atoms with van der Waals surface area (Å²) in [6, 6.07) is 0.230. The standard InChI is InChI=1S/C25H28F2N6O3S.2C2H6.H2/c1-36-19-13-30-18(23(26)27)10-16(19)15-11-21(33-9-3-2-4-22(33)34)31-12-17(15)24(35)32-25(29)37-20(28)8-7-14-5-6-14;2*1-2;/h10-14,18,23,25,28,30H,2-6,9,29H2,1H3,(H,32,35);2*1-2H3;1H. The Morgan fingerprint density at radius 1 is 1.32 bits per heavy atom. The van der Waals surface area contributed by atoms with Gasteiger partial charge in [0.2, 0.25) is 5.91 Å². The van der Waals surface area contributed by atoms with Crippen LogP contribution in [0.5, 0.6) is 0 Å². The van der Waals surface area contributed by atoms with Crippen LogP contribution in [0.3, 0.4) is 0 Å². The summed E-state index contributed by atoms with van der Waals surface area (Å²) in [5, 5.41) is 13.2. The molecule has 41 heavy (non-hydrogen) atoms. The van der Waals surface area contributed by atoms with E-state index in [0.29, 0.717) is 24.7 Å². The van der Waals surface area contributed by atoms with Crippen LogP contribution in [0, 0.1) is 23.2 Å². The minimum absolute atomic E-state index is 0. The van der Waals surface area contributed by atoms with Gasteiger partial charge in [-0.2, -0.15) is 0 Å². The molecule has 1 aromatic heterocycles. The van der Waals surface area contributed by atoms with Crippen LogP contribution in [0.2, 0.25) is 0 Å². The number of halogens is 2. The highest BCUT2D eigenvalue weighted by Gasteiger charge is 2.29. The van der Waals surface area contributed by atoms with E-state index < -0.39 is 23.9 Å². The van der Waals surface area contributed by atoms with Gasteiger partial charge in [0.1, 0.15) is 28.2 Å². The van der Waals surface area contributed by atoms with Crippen molar-refractivity contribution in [1.29, 1.82) is 5.41 Å². The minimum atomic E-state index is -2.71. The second-order valence-electron chi connectivity index (χ2n) is 8.80. The lowest BCUT2D eigenvalue weighted by atomic mass is 9.95. The lowest BCUT2D eigenvalue weighted by molar-refractivity contribution is -0.119. The van der Waals surface area contributed by atoms with Gasteiger partial charge in [-0.1, -0.05) is 45.4 Å². The number of nitrogens with one attached hydrogen (secondary N) is 3. The number of hydrogen-bond acceptors (Lipinski definition) is 8. The summed E-state index contributed by atoms with van der Waals surface area (Å²) in [6.07, 6.45) is 5.21. The monoisotopic (exact) mass is 592 g/mol. The van der Waals surface area contributed by atoms with E-state index in [-0.39, 0.29) is 34.8 Å². The van der Waals surface area contributed by atoms with E-state index in [0.717, 1.165) is 37.4 Å². The van der Waals surface area contributed by atoms with Crippen molar-refractivity contribution >= 4 is 40.0 Å². The Kier molecular flexibility index (Phi) is 13.8. The molecule has 4 rings (SSSR count). The first-order chi connectivity index (χ1) is 19.8. The molecule has 9 nitrogen and oxygen atoms in total. The van der Waals surface area contributed by atoms with Gasteiger partial charge in [0.05, 0.1) is 12.7 Å². The summed E-state index contributed by atoms with van der Waals surface area (Å²) in [4.78, 5) is 31.6. The summed E-state index contributed by atoms with van der Waals surface area (Å²) < 4.78 is 32.5. The Morgan fingerprint density at radius 3 is 2.63 bits per heavy atom. The van der Waals surface area contributed by atoms with Gasteiger partial charge >= 0.3 is 0 Å². The Labute approximate surface area is 246 Å². The topological polar surface area (TPSA) is 133 Å². The molecule has 2 aliphatic heterocycles. The summed E-state index contributed by atoms with van der Waals surface area (Å²) in [5.74, 6) is 5.86. The number of hydrogen-bond donors (Lipinski definition) is 4. The van der Waals surface area contributed by atoms with Crippen molar-refractivity contribution in [2.24, 2.45) is 11.7 Å². The van der Waals surface area contributed by atoms with Crippen molar-refractivity contribution in [3.8, 4) is 11.8 Å². The third kappa shape index (κ3) is 9.57. The van der Waals surface area contributed by atoms with Gasteiger partial charge in [-0.05, 0) is 43.7 Å². The fourth-order valence-electron chi connectivity index (χ4n) is 3.93. The maximum absolute atomic E-state index is 13.6. The van der Waals surface area contributed by atoms with Crippen molar-refractivity contribution in [2.45, 2.75) is 77.8 Å². The molecule has 1 aromatic rings. The number of allylic oxidation sites excluding steroid dienone is 1. The number of rotatable bonds is 7. The third-order valence-corrected chi connectivity index (χ3v) is 6.73. The maximum Gasteiger partial charge on any atom is 0.261 e. The van der Waals surface area contributed by atoms with E-state index in [9.17, 15) is 18.4 Å². The van der Waals surface area contributed by atoms with Crippen molar-refractivity contribution in [1.82, 2.24) is 15.6 Å². The number of thioether (sulfide) groups is 1. The fourth-order valence-corrected chi connectivity index (χ4v) is 4.47. The summed E-state index contributed by atoms with van der Waals surface area (Å²) in [5.41, 5.74) is 5.64. The number of piperidine rings is 1. The lowest BCUT2D eigenvalue weighted by Crippen LogP contribution is -2.40. The van der Waals surface area contributed by atoms with E-state index in [1.165, 1.54) is 36.5 Å². The number of dihydropyridines is 1. The average Bonchev–Trinajstić information content (AvgIpc) is 3.82. The second kappa shape index (κ2) is 16.7. The number of ether oxygens (including phenoxy) is 1. The Hall–Kier alpha value is -3.43. The van der Waals surface area contributed by atoms with Crippen LogP contribution in [-0.4, -0.2) is 53.5 Å². The Bertz CT molecular complexity index is 1210. The Morgan fingerprint density at radius 2 is 2.02 bits per heavy atom. The molecule has 226 valence electrons. The molecule has 0 spiro atoms. The highest BCUT2D eigenvalue weighted by Crippen LogP contribution is 2.33. The number of nitrogens with zero attached hydrogens (tertiary/aromatic N) is 2. The minimum Gasteiger partial charge on any atom is -0.495 e. The van der Waals surface area contributed by atoms with E-state index in [4.69, 9.17) is 15.9 Å². The first-order valence-corrected chi connectivity index (χ1v) is 14.8. The molecule has 2 atom stereocenters. The second-order valence-corrected chi connectivity index (χ2v) is 9.95. The van der Waals surface area contributed by atoms with E-state index in [2.05, 4.69) is 27.5 Å². The molecular formula is C29H42F2N6O3S. The molecule has 2 amide bonds. The molecule has 1 aliphatic carbocycles. The molecule has 2 fully saturated rings. The Balaban J connectivity index is 0.00000169. The molecular weight excluding hydrogens is 550 g/mol. The molecule has 0 bridgehead atoms. The molecule has 3 heterocycles. The van der Waals surface area contributed by atoms with Gasteiger partial charge < -0.3 is 21.1 Å². The van der Waals surface area contributed by atoms with Crippen molar-refractivity contribution in [3.05, 3.63) is 41.4 Å². The van der Waals surface area contributed by atoms with Gasteiger partial charge in [-0.15, -0.1) is 0 Å². The number of amides is 2. The normalized spacial score (nSPS) is 18.5. The molecule has 0 aromatic carbocycles. The summed E-state index contributed by atoms with van der Waals surface area (Å²) in [6.45, 7) is 8.47. The van der Waals surface area contributed by atoms with Gasteiger partial charge in [0.25, 0.3) is 12.3 Å². The zero-order valence-electron chi connectivity index (χ0n) is 24.2. The van der Waals surface area contributed by atoms with Gasteiger partial charge in [-0.3, -0.25) is 19.9 Å². The molecule has 3 aliphatic rings. The van der Waals surface area contributed by atoms with Crippen LogP contribution < -0.4 is 21.3 Å². The van der Waals surface area contributed by atoms with Crippen molar-refractivity contribution in [3.63, 3.8) is 0 Å². The number of carbonyl (C=O) groups excluding carboxylic acids is 2. The highest BCUT2D eigenvalue weighted by molar-refractivity contribution is 8.14. The average molecular weight is 593 g/mol. The highest BCUT2D eigenvalue weighted by atomic mass is 32.2. The SMILES string of the molecule is CC.CC.COC1=CNC(C(F)F)C=C1c1cc(N2CCCCC2=O)ncc1C(=O)NC(N)SC(=N)C#CC1CC1.[HH]. The first-order valence-electron chi connectivity index (χ1n) is 13.9. The third-order valence-electron chi connectivity index (χ3n) is 6.02. The summed E-state index contributed by atoms with van der Waals surface area (Å²) in [7, 11) is 1.39. The quantitative estimate of drug-likeness (QED) is 0.150. The van der Waals surface area contributed by atoms with E-state index in [1.807, 2.05) is 27.7 Å². The van der Waals surface area contributed by atoms with Crippen LogP contribution in [0.1, 0.15) is 77.1 Å². The van der Waals surface area contributed by atoms with Crippen LogP contribution >= 0.6 is 11.8 Å². The zero-order chi connectivity index (χ0) is 30.5. The molecule has 5 N–H and O–H groups in total. The van der Waals surface area contributed by atoms with Crippen LogP contribution in [0.15, 0.2) is 30.3 Å². The lowest BCUT2D eigenvalue weighted by Gasteiger charge is -2.28. The number of alkyl halides is 2. The number of aromatic nitrogens is 1. The number of carbonyl (C=O) groups is 2. The predicted octanol–water partition coefficient (Wildman–Crippen LogP) is 5.10. The van der Waals surface area contributed by atoms with Gasteiger partial charge in [-0.25, -0.2) is 13.8 Å². The van der Waals surface area contributed by atoms with Crippen LogP contribution in [0.4, 0.5) is 14.6 Å². The molecule has 1 saturated carbocycles. The largest absolute Gasteiger partial charge is 0.495 e. The van der Waals surface area contributed by atoms with E-state index in [1.54, 1.807) is 0 Å². The maximum atomic E-state index is 13.6. The summed E-state index contributed by atoms with van der Waals surface area (Å²) >= 11 is 0.892. The number of nitrogens with two attached hydrogens (primary N) is 1. The molecule has 12 heteroatoms. The number of anilines is 1. The first kappa shape index (κ1) is 33.8. The van der Waals surface area contributed by atoms with E-state index >= 15 is 0 Å². The predicted molar refractivity (Wildman–Crippen MR) is 163 cm³/mol. The fraction of sp³-hybridized carbons (Fsp3) is 0.517. The van der Waals surface area contributed by atoms with Crippen LogP contribution in [0.25, 0.3) is 5.57 Å². The van der Waals surface area contributed by atoms with Crippen LogP contribution in [-0.2, 0) is 9.53 Å². The van der Waals surface area contributed by atoms with Gasteiger partial charge in [0.15, 0.2) is 0 Å². The number of methoxy groups -OCH3 is 1. The van der Waals surface area contributed by atoms with Crippen molar-refractivity contribution in [2.75, 3.05) is 18.6 Å². The van der Waals surface area contributed by atoms with Crippen molar-refractivity contribution < 1.29 is 24.5 Å². The molecule has 0 radical (unpaired) electrons.